The van der Waals surface area contributed by atoms with Crippen LogP contribution in [-0.4, -0.2) is 30.9 Å². The average molecular weight is 239 g/mol. The molecule has 6 nitrogen and oxygen atoms in total. The number of aromatic hydroxyl groups is 1. The van der Waals surface area contributed by atoms with Crippen molar-refractivity contribution in [3.8, 4) is 5.75 Å². The third kappa shape index (κ3) is 3.37. The summed E-state index contributed by atoms with van der Waals surface area (Å²) in [4.78, 5) is 22.4. The van der Waals surface area contributed by atoms with Crippen LogP contribution >= 0.6 is 0 Å². The first-order valence-corrected chi connectivity index (χ1v) is 4.93. The Labute approximate surface area is 98.2 Å². The van der Waals surface area contributed by atoms with E-state index in [1.807, 2.05) is 0 Å². The molecule has 1 rings (SSSR count). The second-order valence-corrected chi connectivity index (χ2v) is 3.07. The van der Waals surface area contributed by atoms with Gasteiger partial charge in [-0.2, -0.15) is 0 Å². The number of anilines is 1. The van der Waals surface area contributed by atoms with E-state index in [0.29, 0.717) is 5.69 Å². The second-order valence-electron chi connectivity index (χ2n) is 3.07. The molecular formula is C11H13NO5. The normalized spacial score (nSPS) is 9.53. The van der Waals surface area contributed by atoms with Gasteiger partial charge >= 0.3 is 12.1 Å². The first-order chi connectivity index (χ1) is 8.08. The van der Waals surface area contributed by atoms with E-state index < -0.39 is 12.1 Å². The van der Waals surface area contributed by atoms with E-state index in [-0.39, 0.29) is 17.9 Å². The minimum absolute atomic E-state index is 0.0132. The van der Waals surface area contributed by atoms with Gasteiger partial charge in [-0.3, -0.25) is 5.32 Å². The van der Waals surface area contributed by atoms with Crippen LogP contribution in [0.15, 0.2) is 18.2 Å². The molecule has 6 heteroatoms. The smallest absolute Gasteiger partial charge is 0.411 e. The lowest BCUT2D eigenvalue weighted by Gasteiger charge is -2.07. The number of ether oxygens (including phenoxy) is 2. The summed E-state index contributed by atoms with van der Waals surface area (Å²) in [7, 11) is 1.22. The standard InChI is InChI=1S/C11H13NO5/c1-3-17-10(14)8-6-7(4-5-9(8)13)12-11(15)16-2/h4-6,13H,3H2,1-2H3,(H,12,15). The molecule has 0 unspecified atom stereocenters. The average Bonchev–Trinajstić information content (AvgIpc) is 2.31. The number of esters is 1. The SMILES string of the molecule is CCOC(=O)c1cc(NC(=O)OC)ccc1O. The summed E-state index contributed by atoms with van der Waals surface area (Å²) in [6.45, 7) is 1.86. The number of amides is 1. The molecule has 2 N–H and O–H groups in total. The monoisotopic (exact) mass is 239 g/mol. The predicted molar refractivity (Wildman–Crippen MR) is 60.1 cm³/mol. The number of methoxy groups -OCH3 is 1. The molecule has 0 aromatic heterocycles. The van der Waals surface area contributed by atoms with Gasteiger partial charge in [0.25, 0.3) is 0 Å². The number of rotatable bonds is 3. The van der Waals surface area contributed by atoms with Gasteiger partial charge in [0.15, 0.2) is 0 Å². The van der Waals surface area contributed by atoms with E-state index in [9.17, 15) is 14.7 Å². The summed E-state index contributed by atoms with van der Waals surface area (Å²) < 4.78 is 9.16. The highest BCUT2D eigenvalue weighted by Gasteiger charge is 2.13. The van der Waals surface area contributed by atoms with Crippen LogP contribution in [0.2, 0.25) is 0 Å². The van der Waals surface area contributed by atoms with Crippen molar-refractivity contribution in [1.29, 1.82) is 0 Å². The van der Waals surface area contributed by atoms with Crippen LogP contribution in [-0.2, 0) is 9.47 Å². The lowest BCUT2D eigenvalue weighted by atomic mass is 10.2. The van der Waals surface area contributed by atoms with Crippen LogP contribution in [0, 0.1) is 0 Å². The molecule has 0 heterocycles. The Morgan fingerprint density at radius 3 is 2.71 bits per heavy atom. The van der Waals surface area contributed by atoms with E-state index in [1.54, 1.807) is 6.92 Å². The fraction of sp³-hybridized carbons (Fsp3) is 0.273. The molecule has 0 aliphatic rings. The van der Waals surface area contributed by atoms with Crippen molar-refractivity contribution < 1.29 is 24.2 Å². The molecule has 0 aliphatic heterocycles. The topological polar surface area (TPSA) is 84.9 Å². The Hall–Kier alpha value is -2.24. The highest BCUT2D eigenvalue weighted by Crippen LogP contribution is 2.22. The molecule has 0 saturated carbocycles. The van der Waals surface area contributed by atoms with E-state index >= 15 is 0 Å². The maximum atomic E-state index is 11.4. The first kappa shape index (κ1) is 12.8. The second kappa shape index (κ2) is 5.74. The highest BCUT2D eigenvalue weighted by molar-refractivity contribution is 5.95. The molecule has 1 aromatic rings. The Morgan fingerprint density at radius 1 is 1.41 bits per heavy atom. The molecular weight excluding hydrogens is 226 g/mol. The number of hydrogen-bond donors (Lipinski definition) is 2. The lowest BCUT2D eigenvalue weighted by Crippen LogP contribution is -2.12. The van der Waals surface area contributed by atoms with Crippen LogP contribution in [0.25, 0.3) is 0 Å². The van der Waals surface area contributed by atoms with Gasteiger partial charge in [0.1, 0.15) is 11.3 Å². The van der Waals surface area contributed by atoms with Gasteiger partial charge < -0.3 is 14.6 Å². The number of carbonyl (C=O) groups excluding carboxylic acids is 2. The summed E-state index contributed by atoms with van der Waals surface area (Å²) in [6, 6.07) is 4.04. The number of benzene rings is 1. The Balaban J connectivity index is 2.94. The van der Waals surface area contributed by atoms with Crippen molar-refractivity contribution in [3.63, 3.8) is 0 Å². The Kier molecular flexibility index (Phi) is 4.33. The van der Waals surface area contributed by atoms with Crippen LogP contribution in [0.3, 0.4) is 0 Å². The molecule has 17 heavy (non-hydrogen) atoms. The van der Waals surface area contributed by atoms with E-state index in [1.165, 1.54) is 25.3 Å². The van der Waals surface area contributed by atoms with Crippen LogP contribution in [0.1, 0.15) is 17.3 Å². The predicted octanol–water partition coefficient (Wildman–Crippen LogP) is 1.75. The molecule has 0 fully saturated rings. The third-order valence-corrected chi connectivity index (χ3v) is 1.92. The maximum Gasteiger partial charge on any atom is 0.411 e. The van der Waals surface area contributed by atoms with E-state index in [4.69, 9.17) is 4.74 Å². The first-order valence-electron chi connectivity index (χ1n) is 4.93. The van der Waals surface area contributed by atoms with Gasteiger partial charge in [0.05, 0.1) is 13.7 Å². The zero-order valence-corrected chi connectivity index (χ0v) is 9.52. The number of nitrogens with one attached hydrogen (secondary N) is 1. The van der Waals surface area contributed by atoms with Crippen LogP contribution < -0.4 is 5.32 Å². The number of phenols is 1. The molecule has 0 atom stereocenters. The fourth-order valence-corrected chi connectivity index (χ4v) is 1.16. The Bertz CT molecular complexity index is 430. The number of carbonyl (C=O) groups is 2. The molecule has 1 aromatic carbocycles. The highest BCUT2D eigenvalue weighted by atomic mass is 16.5. The number of hydrogen-bond acceptors (Lipinski definition) is 5. The summed E-state index contributed by atoms with van der Waals surface area (Å²) in [5.41, 5.74) is 0.318. The molecule has 0 bridgehead atoms. The number of phenolic OH excluding ortho intramolecular Hbond substituents is 1. The van der Waals surface area contributed by atoms with E-state index in [0.717, 1.165) is 0 Å². The van der Waals surface area contributed by atoms with Gasteiger partial charge in [-0.25, -0.2) is 9.59 Å². The van der Waals surface area contributed by atoms with Crippen molar-refractivity contribution in [3.05, 3.63) is 23.8 Å². The quantitative estimate of drug-likeness (QED) is 0.620. The molecule has 0 saturated heterocycles. The van der Waals surface area contributed by atoms with Crippen molar-refractivity contribution in [2.24, 2.45) is 0 Å². The summed E-state index contributed by atoms with van der Waals surface area (Å²) >= 11 is 0. The maximum absolute atomic E-state index is 11.4. The molecule has 0 spiro atoms. The summed E-state index contributed by atoms with van der Waals surface area (Å²) in [6.07, 6.45) is -0.662. The minimum Gasteiger partial charge on any atom is -0.507 e. The fourth-order valence-electron chi connectivity index (χ4n) is 1.16. The molecule has 0 radical (unpaired) electrons. The van der Waals surface area contributed by atoms with Gasteiger partial charge in [0.2, 0.25) is 0 Å². The largest absolute Gasteiger partial charge is 0.507 e. The van der Waals surface area contributed by atoms with Crippen molar-refractivity contribution in [1.82, 2.24) is 0 Å². The molecule has 0 aliphatic carbocycles. The van der Waals surface area contributed by atoms with Crippen molar-refractivity contribution in [2.45, 2.75) is 6.92 Å². The zero-order chi connectivity index (χ0) is 12.8. The molecule has 1 amide bonds. The molecule has 92 valence electrons. The lowest BCUT2D eigenvalue weighted by molar-refractivity contribution is 0.0523. The zero-order valence-electron chi connectivity index (χ0n) is 9.52. The Morgan fingerprint density at radius 2 is 2.12 bits per heavy atom. The van der Waals surface area contributed by atoms with Gasteiger partial charge in [-0.1, -0.05) is 0 Å². The summed E-state index contributed by atoms with van der Waals surface area (Å²) in [5.74, 6) is -0.864. The van der Waals surface area contributed by atoms with Gasteiger partial charge in [-0.05, 0) is 25.1 Å². The van der Waals surface area contributed by atoms with Gasteiger partial charge in [-0.15, -0.1) is 0 Å². The van der Waals surface area contributed by atoms with Gasteiger partial charge in [0, 0.05) is 5.69 Å². The minimum atomic E-state index is -0.662. The van der Waals surface area contributed by atoms with Crippen LogP contribution in [0.4, 0.5) is 10.5 Å². The van der Waals surface area contributed by atoms with Crippen LogP contribution in [0.5, 0.6) is 5.75 Å². The van der Waals surface area contributed by atoms with E-state index in [2.05, 4.69) is 10.1 Å². The third-order valence-electron chi connectivity index (χ3n) is 1.92. The van der Waals surface area contributed by atoms with Crippen molar-refractivity contribution in [2.75, 3.05) is 19.0 Å². The van der Waals surface area contributed by atoms with Crippen molar-refractivity contribution >= 4 is 17.7 Å². The summed E-state index contributed by atoms with van der Waals surface area (Å²) in [5, 5.41) is 11.9.